The molecule has 1 amide bonds. The van der Waals surface area contributed by atoms with E-state index in [1.54, 1.807) is 12.3 Å². The number of halogens is 1. The Balaban J connectivity index is 1.44. The summed E-state index contributed by atoms with van der Waals surface area (Å²) < 4.78 is 5.42. The van der Waals surface area contributed by atoms with Gasteiger partial charge in [-0.2, -0.15) is 0 Å². The Labute approximate surface area is 188 Å². The minimum Gasteiger partial charge on any atom is -0.381 e. The zero-order valence-electron chi connectivity index (χ0n) is 17.6. The molecule has 2 fully saturated rings. The average Bonchev–Trinajstić information content (AvgIpc) is 2.80. The van der Waals surface area contributed by atoms with Gasteiger partial charge < -0.3 is 20.7 Å². The van der Waals surface area contributed by atoms with Crippen molar-refractivity contribution in [3.63, 3.8) is 0 Å². The number of anilines is 2. The van der Waals surface area contributed by atoms with E-state index in [0.29, 0.717) is 23.3 Å². The van der Waals surface area contributed by atoms with Crippen LogP contribution >= 0.6 is 11.6 Å². The molecule has 2 atom stereocenters. The van der Waals surface area contributed by atoms with Crippen LogP contribution in [0.4, 0.5) is 11.6 Å². The number of nitrogens with zero attached hydrogens (tertiary/aromatic N) is 2. The number of pyridine rings is 2. The first kappa shape index (κ1) is 21.9. The highest BCUT2D eigenvalue weighted by Crippen LogP contribution is 2.29. The lowest BCUT2D eigenvalue weighted by molar-refractivity contribution is -0.120. The highest BCUT2D eigenvalue weighted by molar-refractivity contribution is 6.33. The highest BCUT2D eigenvalue weighted by Gasteiger charge is 2.28. The Morgan fingerprint density at radius 1 is 1.26 bits per heavy atom. The molecule has 0 aromatic carbocycles. The summed E-state index contributed by atoms with van der Waals surface area (Å²) in [6, 6.07) is 7.59. The lowest BCUT2D eigenvalue weighted by Gasteiger charge is -2.23. The van der Waals surface area contributed by atoms with Crippen LogP contribution in [0, 0.1) is 24.7 Å². The number of aromatic nitrogens is 2. The molecule has 0 radical (unpaired) electrons. The quantitative estimate of drug-likeness (QED) is 0.592. The van der Waals surface area contributed by atoms with Gasteiger partial charge in [0.05, 0.1) is 23.6 Å². The van der Waals surface area contributed by atoms with Crippen LogP contribution in [-0.4, -0.2) is 48.7 Å². The third-order valence-electron chi connectivity index (χ3n) is 5.86. The fraction of sp³-hybridized carbons (Fsp3) is 0.478. The van der Waals surface area contributed by atoms with Gasteiger partial charge in [0.2, 0.25) is 5.91 Å². The molecule has 0 saturated carbocycles. The summed E-state index contributed by atoms with van der Waals surface area (Å²) in [5.41, 5.74) is 1.47. The Bertz CT molecular complexity index is 903. The zero-order valence-corrected chi connectivity index (χ0v) is 18.3. The number of carbonyl (C=O) groups excluding carboxylic acids is 1. The van der Waals surface area contributed by atoms with Gasteiger partial charge in [-0.15, -0.1) is 0 Å². The normalized spacial score (nSPS) is 22.1. The molecule has 2 aromatic rings. The Kier molecular flexibility index (Phi) is 7.27. The second-order valence-corrected chi connectivity index (χ2v) is 8.75. The van der Waals surface area contributed by atoms with Crippen LogP contribution in [0.1, 0.15) is 19.3 Å². The molecule has 2 aliphatic heterocycles. The van der Waals surface area contributed by atoms with Crippen LogP contribution in [-0.2, 0) is 9.53 Å². The standard InChI is InChI=1S/C23H28ClN5O2/c1-15-9-17(13-25-11-15)23(30)29-22-10-18(19(24)14-27-22)20-3-2-4-21(28-20)26-12-16-5-7-31-8-6-16/h2-4,10,14-17,25H,1,5-9,11-13H2,(H-,26,27,28,29,30)/p+1. The highest BCUT2D eigenvalue weighted by atomic mass is 35.5. The Morgan fingerprint density at radius 2 is 2.10 bits per heavy atom. The van der Waals surface area contributed by atoms with Crippen LogP contribution in [0.15, 0.2) is 30.5 Å². The summed E-state index contributed by atoms with van der Waals surface area (Å²) in [4.78, 5) is 21.7. The molecule has 0 spiro atoms. The SMILES string of the molecule is [CH2+]C1CNCC(C(=O)Nc2cc(-c3cccc(NCC4CCOCC4)n3)c(Cl)cn2)C1. The maximum Gasteiger partial charge on any atom is 0.230 e. The third kappa shape index (κ3) is 5.87. The first-order valence-electron chi connectivity index (χ1n) is 10.9. The van der Waals surface area contributed by atoms with Gasteiger partial charge in [-0.3, -0.25) is 4.79 Å². The number of hydrogen-bond acceptors (Lipinski definition) is 6. The summed E-state index contributed by atoms with van der Waals surface area (Å²) >= 11 is 6.42. The first-order valence-corrected chi connectivity index (χ1v) is 11.3. The summed E-state index contributed by atoms with van der Waals surface area (Å²) in [7, 11) is 0. The second kappa shape index (κ2) is 10.3. The van der Waals surface area contributed by atoms with Crippen LogP contribution < -0.4 is 16.0 Å². The molecule has 4 rings (SSSR count). The van der Waals surface area contributed by atoms with E-state index in [-0.39, 0.29) is 17.7 Å². The van der Waals surface area contributed by atoms with Gasteiger partial charge in [0.1, 0.15) is 17.6 Å². The Hall–Kier alpha value is -2.35. The van der Waals surface area contributed by atoms with E-state index in [4.69, 9.17) is 21.3 Å². The van der Waals surface area contributed by atoms with Crippen LogP contribution in [0.3, 0.4) is 0 Å². The predicted molar refractivity (Wildman–Crippen MR) is 123 cm³/mol. The molecule has 2 aliphatic rings. The van der Waals surface area contributed by atoms with Gasteiger partial charge in [0.25, 0.3) is 0 Å². The molecule has 2 saturated heterocycles. The maximum atomic E-state index is 12.6. The fourth-order valence-electron chi connectivity index (χ4n) is 4.04. The lowest BCUT2D eigenvalue weighted by atomic mass is 9.91. The molecule has 2 aromatic heterocycles. The number of nitrogens with one attached hydrogen (secondary N) is 3. The van der Waals surface area contributed by atoms with Crippen molar-refractivity contribution in [1.82, 2.24) is 15.3 Å². The maximum absolute atomic E-state index is 12.6. The number of amides is 1. The van der Waals surface area contributed by atoms with Gasteiger partial charge in [0, 0.05) is 51.0 Å². The summed E-state index contributed by atoms with van der Waals surface area (Å²) in [6.45, 7) is 8.08. The van der Waals surface area contributed by atoms with E-state index in [2.05, 4.69) is 27.9 Å². The molecule has 0 bridgehead atoms. The second-order valence-electron chi connectivity index (χ2n) is 8.34. The molecular weight excluding hydrogens is 414 g/mol. The molecule has 164 valence electrons. The monoisotopic (exact) mass is 442 g/mol. The molecule has 4 heterocycles. The third-order valence-corrected chi connectivity index (χ3v) is 6.16. The summed E-state index contributed by atoms with van der Waals surface area (Å²) in [5, 5.41) is 10.1. The summed E-state index contributed by atoms with van der Waals surface area (Å²) in [5.74, 6) is 1.93. The van der Waals surface area contributed by atoms with Crippen molar-refractivity contribution in [2.24, 2.45) is 17.8 Å². The van der Waals surface area contributed by atoms with Crippen molar-refractivity contribution in [3.05, 3.63) is 42.4 Å². The molecule has 31 heavy (non-hydrogen) atoms. The van der Waals surface area contributed by atoms with Gasteiger partial charge in [0.15, 0.2) is 0 Å². The number of ether oxygens (including phenoxy) is 1. The number of piperidine rings is 1. The van der Waals surface area contributed by atoms with E-state index >= 15 is 0 Å². The minimum absolute atomic E-state index is 0.0542. The molecule has 7 nitrogen and oxygen atoms in total. The number of carbonyl (C=O) groups is 1. The topological polar surface area (TPSA) is 88.2 Å². The largest absolute Gasteiger partial charge is 0.381 e. The van der Waals surface area contributed by atoms with Gasteiger partial charge in [-0.25, -0.2) is 9.97 Å². The van der Waals surface area contributed by atoms with Gasteiger partial charge in [-0.1, -0.05) is 17.7 Å². The first-order chi connectivity index (χ1) is 15.1. The van der Waals surface area contributed by atoms with Gasteiger partial charge in [-0.05, 0) is 37.0 Å². The predicted octanol–water partition coefficient (Wildman–Crippen LogP) is 3.63. The average molecular weight is 443 g/mol. The van der Waals surface area contributed by atoms with E-state index in [1.807, 2.05) is 18.2 Å². The van der Waals surface area contributed by atoms with Crippen molar-refractivity contribution in [2.75, 3.05) is 43.5 Å². The molecule has 8 heteroatoms. The molecule has 2 unspecified atom stereocenters. The molecular formula is C23H29ClN5O2+. The minimum atomic E-state index is -0.118. The van der Waals surface area contributed by atoms with E-state index < -0.39 is 0 Å². The van der Waals surface area contributed by atoms with E-state index in [1.165, 1.54) is 0 Å². The van der Waals surface area contributed by atoms with Crippen molar-refractivity contribution in [3.8, 4) is 11.3 Å². The van der Waals surface area contributed by atoms with Crippen LogP contribution in [0.2, 0.25) is 5.02 Å². The van der Waals surface area contributed by atoms with Crippen molar-refractivity contribution in [1.29, 1.82) is 0 Å². The van der Waals surface area contributed by atoms with Crippen molar-refractivity contribution < 1.29 is 9.53 Å². The lowest BCUT2D eigenvalue weighted by Crippen LogP contribution is -2.41. The smallest absolute Gasteiger partial charge is 0.230 e. The number of rotatable bonds is 6. The van der Waals surface area contributed by atoms with Crippen molar-refractivity contribution in [2.45, 2.75) is 19.3 Å². The van der Waals surface area contributed by atoms with Crippen molar-refractivity contribution >= 4 is 29.1 Å². The molecule has 3 N–H and O–H groups in total. The number of hydrogen-bond donors (Lipinski definition) is 3. The summed E-state index contributed by atoms with van der Waals surface area (Å²) in [6.07, 6.45) is 4.45. The van der Waals surface area contributed by atoms with Crippen LogP contribution in [0.5, 0.6) is 0 Å². The van der Waals surface area contributed by atoms with E-state index in [0.717, 1.165) is 62.6 Å². The zero-order chi connectivity index (χ0) is 21.6. The fourth-order valence-corrected chi connectivity index (χ4v) is 4.24. The van der Waals surface area contributed by atoms with Gasteiger partial charge >= 0.3 is 0 Å². The molecule has 0 aliphatic carbocycles. The Morgan fingerprint density at radius 3 is 2.90 bits per heavy atom. The van der Waals surface area contributed by atoms with E-state index in [9.17, 15) is 4.79 Å². The van der Waals surface area contributed by atoms with Crippen LogP contribution in [0.25, 0.3) is 11.3 Å².